The molecule has 0 amide bonds. The van der Waals surface area contributed by atoms with Gasteiger partial charge in [0.05, 0.1) is 18.5 Å². The highest BCUT2D eigenvalue weighted by Crippen LogP contribution is 2.14. The topological polar surface area (TPSA) is 37.9 Å². The van der Waals surface area contributed by atoms with Crippen LogP contribution >= 0.6 is 0 Å². The molecule has 0 saturated heterocycles. The van der Waals surface area contributed by atoms with E-state index in [1.54, 1.807) is 0 Å². The molecule has 0 aliphatic heterocycles. The zero-order valence-electron chi connectivity index (χ0n) is 8.73. The van der Waals surface area contributed by atoms with Crippen molar-refractivity contribution in [1.82, 2.24) is 9.97 Å². The van der Waals surface area contributed by atoms with E-state index in [9.17, 15) is 0 Å². The van der Waals surface area contributed by atoms with E-state index in [1.165, 1.54) is 0 Å². The fourth-order valence-corrected chi connectivity index (χ4v) is 1.39. The van der Waals surface area contributed by atoms with Crippen LogP contribution in [0, 0.1) is 0 Å². The Morgan fingerprint density at radius 3 is 2.80 bits per heavy atom. The summed E-state index contributed by atoms with van der Waals surface area (Å²) in [6.07, 6.45) is 1.82. The molecule has 3 nitrogen and oxygen atoms in total. The fourth-order valence-electron chi connectivity index (χ4n) is 1.39. The van der Waals surface area contributed by atoms with Crippen molar-refractivity contribution < 1.29 is 4.74 Å². The van der Waals surface area contributed by atoms with Crippen molar-refractivity contribution in [2.45, 2.75) is 13.5 Å². The van der Waals surface area contributed by atoms with E-state index in [2.05, 4.69) is 9.97 Å². The predicted octanol–water partition coefficient (Wildman–Crippen LogP) is 2.61. The minimum Gasteiger partial charge on any atom is -0.375 e. The van der Waals surface area contributed by atoms with E-state index >= 15 is 0 Å². The van der Waals surface area contributed by atoms with Gasteiger partial charge in [-0.1, -0.05) is 30.3 Å². The van der Waals surface area contributed by atoms with Gasteiger partial charge in [-0.05, 0) is 6.92 Å². The van der Waals surface area contributed by atoms with E-state index < -0.39 is 0 Å². The van der Waals surface area contributed by atoms with Crippen LogP contribution in [0.2, 0.25) is 0 Å². The predicted molar refractivity (Wildman–Crippen MR) is 59.4 cm³/mol. The molecule has 1 heterocycles. The van der Waals surface area contributed by atoms with Gasteiger partial charge in [0.1, 0.15) is 5.82 Å². The summed E-state index contributed by atoms with van der Waals surface area (Å²) in [5, 5.41) is 0. The van der Waals surface area contributed by atoms with Gasteiger partial charge in [0.2, 0.25) is 0 Å². The Hall–Kier alpha value is -1.61. The molecule has 15 heavy (non-hydrogen) atoms. The molecular weight excluding hydrogens is 188 g/mol. The number of hydrogen-bond donors (Lipinski definition) is 1. The van der Waals surface area contributed by atoms with Gasteiger partial charge in [-0.15, -0.1) is 0 Å². The van der Waals surface area contributed by atoms with Crippen LogP contribution in [-0.2, 0) is 11.3 Å². The van der Waals surface area contributed by atoms with Crippen molar-refractivity contribution in [3.8, 4) is 11.4 Å². The molecule has 3 heteroatoms. The molecule has 0 atom stereocenters. The Kier molecular flexibility index (Phi) is 3.15. The second kappa shape index (κ2) is 4.75. The summed E-state index contributed by atoms with van der Waals surface area (Å²) in [5.74, 6) is 0.894. The van der Waals surface area contributed by atoms with Gasteiger partial charge in [0, 0.05) is 12.2 Å². The van der Waals surface area contributed by atoms with E-state index in [-0.39, 0.29) is 0 Å². The van der Waals surface area contributed by atoms with Gasteiger partial charge in [-0.25, -0.2) is 4.98 Å². The van der Waals surface area contributed by atoms with E-state index in [4.69, 9.17) is 4.74 Å². The lowest BCUT2D eigenvalue weighted by Crippen LogP contribution is -1.91. The Balaban J connectivity index is 2.14. The molecule has 2 rings (SSSR count). The number of hydrogen-bond acceptors (Lipinski definition) is 2. The van der Waals surface area contributed by atoms with Gasteiger partial charge >= 0.3 is 0 Å². The van der Waals surface area contributed by atoms with Crippen molar-refractivity contribution in [3.05, 3.63) is 42.2 Å². The second-order valence-corrected chi connectivity index (χ2v) is 3.26. The van der Waals surface area contributed by atoms with Crippen LogP contribution < -0.4 is 0 Å². The number of rotatable bonds is 4. The number of aromatic nitrogens is 2. The highest BCUT2D eigenvalue weighted by Gasteiger charge is 2.01. The Morgan fingerprint density at radius 1 is 1.27 bits per heavy atom. The summed E-state index contributed by atoms with van der Waals surface area (Å²) in [6.45, 7) is 3.30. The normalized spacial score (nSPS) is 10.5. The quantitative estimate of drug-likeness (QED) is 0.827. The maximum atomic E-state index is 5.30. The van der Waals surface area contributed by atoms with Crippen molar-refractivity contribution in [2.24, 2.45) is 0 Å². The van der Waals surface area contributed by atoms with Crippen molar-refractivity contribution >= 4 is 0 Å². The molecule has 78 valence electrons. The zero-order chi connectivity index (χ0) is 10.5. The average Bonchev–Trinajstić information content (AvgIpc) is 2.76. The first-order chi connectivity index (χ1) is 7.40. The highest BCUT2D eigenvalue weighted by atomic mass is 16.5. The first-order valence-corrected chi connectivity index (χ1v) is 5.07. The number of ether oxygens (including phenoxy) is 1. The lowest BCUT2D eigenvalue weighted by Gasteiger charge is -1.97. The van der Waals surface area contributed by atoms with Crippen molar-refractivity contribution in [2.75, 3.05) is 6.61 Å². The van der Waals surface area contributed by atoms with Crippen molar-refractivity contribution in [1.29, 1.82) is 0 Å². The summed E-state index contributed by atoms with van der Waals surface area (Å²) >= 11 is 0. The number of H-pyrrole nitrogens is 1. The van der Waals surface area contributed by atoms with Crippen LogP contribution in [-0.4, -0.2) is 16.6 Å². The largest absolute Gasteiger partial charge is 0.375 e. The smallest absolute Gasteiger partial charge is 0.137 e. The highest BCUT2D eigenvalue weighted by molar-refractivity contribution is 5.54. The van der Waals surface area contributed by atoms with Crippen molar-refractivity contribution in [3.63, 3.8) is 0 Å². The maximum absolute atomic E-state index is 5.30. The van der Waals surface area contributed by atoms with E-state index in [1.807, 2.05) is 43.5 Å². The first-order valence-electron chi connectivity index (χ1n) is 5.07. The van der Waals surface area contributed by atoms with Crippen LogP contribution in [0.3, 0.4) is 0 Å². The molecule has 0 saturated carbocycles. The van der Waals surface area contributed by atoms with Gasteiger partial charge in [-0.2, -0.15) is 0 Å². The summed E-state index contributed by atoms with van der Waals surface area (Å²) in [6, 6.07) is 10.1. The van der Waals surface area contributed by atoms with E-state index in [0.29, 0.717) is 6.61 Å². The molecule has 2 aromatic rings. The summed E-state index contributed by atoms with van der Waals surface area (Å²) in [4.78, 5) is 7.53. The average molecular weight is 202 g/mol. The number of imidazole rings is 1. The number of aromatic amines is 1. The molecule has 0 unspecified atom stereocenters. The summed E-state index contributed by atoms with van der Waals surface area (Å²) in [7, 11) is 0. The molecule has 1 N–H and O–H groups in total. The Bertz CT molecular complexity index is 409. The Labute approximate surface area is 89.1 Å². The first kappa shape index (κ1) is 9.93. The molecule has 0 spiro atoms. The summed E-state index contributed by atoms with van der Waals surface area (Å²) < 4.78 is 5.30. The zero-order valence-corrected chi connectivity index (χ0v) is 8.73. The number of benzene rings is 1. The van der Waals surface area contributed by atoms with Gasteiger partial charge in [0.25, 0.3) is 0 Å². The van der Waals surface area contributed by atoms with Crippen LogP contribution in [0.15, 0.2) is 36.5 Å². The van der Waals surface area contributed by atoms with Gasteiger partial charge in [0.15, 0.2) is 0 Å². The molecule has 0 radical (unpaired) electrons. The van der Waals surface area contributed by atoms with E-state index in [0.717, 1.165) is 23.7 Å². The molecule has 0 aliphatic rings. The van der Waals surface area contributed by atoms with Gasteiger partial charge < -0.3 is 9.72 Å². The lowest BCUT2D eigenvalue weighted by atomic mass is 10.2. The SMILES string of the molecule is CCOCc1cnc(-c2ccccc2)[nH]1. The van der Waals surface area contributed by atoms with Crippen LogP contribution in [0.25, 0.3) is 11.4 Å². The molecule has 0 bridgehead atoms. The molecule has 1 aromatic heterocycles. The monoisotopic (exact) mass is 202 g/mol. The minimum atomic E-state index is 0.594. The fraction of sp³-hybridized carbons (Fsp3) is 0.250. The third kappa shape index (κ3) is 2.44. The van der Waals surface area contributed by atoms with Gasteiger partial charge in [-0.3, -0.25) is 0 Å². The van der Waals surface area contributed by atoms with Crippen LogP contribution in [0.5, 0.6) is 0 Å². The molecule has 0 fully saturated rings. The molecular formula is C12H14N2O. The second-order valence-electron chi connectivity index (χ2n) is 3.26. The molecule has 0 aliphatic carbocycles. The third-order valence-corrected chi connectivity index (χ3v) is 2.14. The maximum Gasteiger partial charge on any atom is 0.137 e. The Morgan fingerprint density at radius 2 is 2.07 bits per heavy atom. The summed E-state index contributed by atoms with van der Waals surface area (Å²) in [5.41, 5.74) is 2.11. The third-order valence-electron chi connectivity index (χ3n) is 2.14. The number of nitrogens with zero attached hydrogens (tertiary/aromatic N) is 1. The lowest BCUT2D eigenvalue weighted by molar-refractivity contribution is 0.131. The number of nitrogens with one attached hydrogen (secondary N) is 1. The molecule has 1 aromatic carbocycles. The minimum absolute atomic E-state index is 0.594. The van der Waals surface area contributed by atoms with Crippen LogP contribution in [0.1, 0.15) is 12.6 Å². The van der Waals surface area contributed by atoms with Crippen LogP contribution in [0.4, 0.5) is 0 Å². The standard InChI is InChI=1S/C12H14N2O/c1-2-15-9-11-8-13-12(14-11)10-6-4-3-5-7-10/h3-8H,2,9H2,1H3,(H,13,14).